The van der Waals surface area contributed by atoms with Gasteiger partial charge in [-0.15, -0.1) is 0 Å². The molecule has 4 nitrogen and oxygen atoms in total. The minimum Gasteiger partial charge on any atom is -0.312 e. The molecule has 0 aliphatic carbocycles. The number of aromatic nitrogens is 1. The third kappa shape index (κ3) is 2.10. The first-order valence-corrected chi connectivity index (χ1v) is 5.86. The van der Waals surface area contributed by atoms with E-state index >= 15 is 0 Å². The number of hydrogen-bond donors (Lipinski definition) is 1. The van der Waals surface area contributed by atoms with E-state index in [0.29, 0.717) is 0 Å². The standard InChI is InChI=1S/C8H14N2O2S/c1-7(9-2)8-5-4-6-10(8)13(3,11)12/h4-7,9H,1-3H3. The van der Waals surface area contributed by atoms with E-state index in [1.54, 1.807) is 25.4 Å². The molecule has 0 bridgehead atoms. The lowest BCUT2D eigenvalue weighted by Crippen LogP contribution is -2.20. The molecular formula is C8H14N2O2S. The van der Waals surface area contributed by atoms with Gasteiger partial charge in [0.1, 0.15) is 0 Å². The van der Waals surface area contributed by atoms with Gasteiger partial charge in [-0.25, -0.2) is 12.4 Å². The first-order chi connectivity index (χ1) is 5.96. The van der Waals surface area contributed by atoms with Crippen LogP contribution < -0.4 is 5.32 Å². The van der Waals surface area contributed by atoms with Crippen LogP contribution in [0.4, 0.5) is 0 Å². The maximum absolute atomic E-state index is 11.3. The van der Waals surface area contributed by atoms with Crippen LogP contribution in [-0.2, 0) is 10.0 Å². The van der Waals surface area contributed by atoms with Gasteiger partial charge in [0.25, 0.3) is 0 Å². The molecule has 5 heteroatoms. The molecule has 0 aliphatic heterocycles. The van der Waals surface area contributed by atoms with Gasteiger partial charge in [0, 0.05) is 12.2 Å². The Morgan fingerprint density at radius 2 is 2.15 bits per heavy atom. The maximum atomic E-state index is 11.3. The van der Waals surface area contributed by atoms with Gasteiger partial charge in [-0.1, -0.05) is 0 Å². The molecule has 0 aromatic carbocycles. The molecule has 1 unspecified atom stereocenters. The minimum absolute atomic E-state index is 0.0322. The van der Waals surface area contributed by atoms with E-state index < -0.39 is 10.0 Å². The normalized spacial score (nSPS) is 14.4. The molecule has 1 aromatic heterocycles. The summed E-state index contributed by atoms with van der Waals surface area (Å²) in [5.74, 6) is 0. The van der Waals surface area contributed by atoms with E-state index in [0.717, 1.165) is 5.69 Å². The van der Waals surface area contributed by atoms with Crippen LogP contribution in [0.15, 0.2) is 18.3 Å². The lowest BCUT2D eigenvalue weighted by Gasteiger charge is -2.12. The highest BCUT2D eigenvalue weighted by Crippen LogP contribution is 2.14. The number of hydrogen-bond acceptors (Lipinski definition) is 3. The van der Waals surface area contributed by atoms with E-state index in [1.807, 2.05) is 6.92 Å². The SMILES string of the molecule is CNC(C)c1cccn1S(C)(=O)=O. The first kappa shape index (κ1) is 10.3. The third-order valence-corrected chi connectivity index (χ3v) is 3.02. The van der Waals surface area contributed by atoms with E-state index in [9.17, 15) is 8.42 Å². The van der Waals surface area contributed by atoms with Crippen LogP contribution in [0.2, 0.25) is 0 Å². The molecule has 0 amide bonds. The average Bonchev–Trinajstić information content (AvgIpc) is 2.49. The van der Waals surface area contributed by atoms with E-state index in [2.05, 4.69) is 5.32 Å². The van der Waals surface area contributed by atoms with Crippen molar-refractivity contribution in [3.63, 3.8) is 0 Å². The van der Waals surface area contributed by atoms with Gasteiger partial charge in [-0.3, -0.25) is 0 Å². The van der Waals surface area contributed by atoms with Crippen LogP contribution in [0.1, 0.15) is 18.7 Å². The van der Waals surface area contributed by atoms with Gasteiger partial charge < -0.3 is 5.32 Å². The van der Waals surface area contributed by atoms with Crippen LogP contribution >= 0.6 is 0 Å². The zero-order valence-electron chi connectivity index (χ0n) is 7.98. The minimum atomic E-state index is -3.17. The van der Waals surface area contributed by atoms with Gasteiger partial charge in [-0.05, 0) is 26.1 Å². The average molecular weight is 202 g/mol. The molecule has 13 heavy (non-hydrogen) atoms. The summed E-state index contributed by atoms with van der Waals surface area (Å²) in [6.07, 6.45) is 2.75. The molecule has 1 atom stereocenters. The second-order valence-electron chi connectivity index (χ2n) is 3.00. The topological polar surface area (TPSA) is 51.1 Å². The molecule has 0 spiro atoms. The molecule has 1 aromatic rings. The Bertz CT molecular complexity index is 381. The molecule has 1 N–H and O–H groups in total. The van der Waals surface area contributed by atoms with E-state index in [-0.39, 0.29) is 6.04 Å². The fourth-order valence-corrected chi connectivity index (χ4v) is 2.06. The molecule has 0 saturated heterocycles. The third-order valence-electron chi connectivity index (χ3n) is 1.98. The molecule has 0 aliphatic rings. The van der Waals surface area contributed by atoms with Crippen molar-refractivity contribution in [1.82, 2.24) is 9.29 Å². The van der Waals surface area contributed by atoms with Crippen molar-refractivity contribution in [1.29, 1.82) is 0 Å². The van der Waals surface area contributed by atoms with Crippen LogP contribution in [0.5, 0.6) is 0 Å². The largest absolute Gasteiger partial charge is 0.312 e. The summed E-state index contributed by atoms with van der Waals surface area (Å²) in [5, 5.41) is 2.99. The predicted octanol–water partition coefficient (Wildman–Crippen LogP) is 0.576. The van der Waals surface area contributed by atoms with Crippen LogP contribution in [0, 0.1) is 0 Å². The number of nitrogens with zero attached hydrogens (tertiary/aromatic N) is 1. The second kappa shape index (κ2) is 3.51. The van der Waals surface area contributed by atoms with Crippen molar-refractivity contribution in [2.45, 2.75) is 13.0 Å². The maximum Gasteiger partial charge on any atom is 0.235 e. The van der Waals surface area contributed by atoms with Crippen molar-refractivity contribution < 1.29 is 8.42 Å². The van der Waals surface area contributed by atoms with Gasteiger partial charge in [0.2, 0.25) is 10.0 Å². The first-order valence-electron chi connectivity index (χ1n) is 4.02. The Balaban J connectivity index is 3.18. The quantitative estimate of drug-likeness (QED) is 0.780. The van der Waals surface area contributed by atoms with E-state index in [1.165, 1.54) is 10.2 Å². The Labute approximate surface area is 78.6 Å². The van der Waals surface area contributed by atoms with Gasteiger partial charge in [0.15, 0.2) is 0 Å². The highest BCUT2D eigenvalue weighted by atomic mass is 32.2. The summed E-state index contributed by atoms with van der Waals surface area (Å²) in [6.45, 7) is 1.91. The summed E-state index contributed by atoms with van der Waals surface area (Å²) in [6, 6.07) is 3.55. The van der Waals surface area contributed by atoms with Gasteiger partial charge >= 0.3 is 0 Å². The second-order valence-corrected chi connectivity index (χ2v) is 4.86. The predicted molar refractivity (Wildman–Crippen MR) is 52.1 cm³/mol. The van der Waals surface area contributed by atoms with Crippen molar-refractivity contribution in [2.24, 2.45) is 0 Å². The molecule has 1 heterocycles. The van der Waals surface area contributed by atoms with Crippen molar-refractivity contribution in [3.8, 4) is 0 Å². The molecule has 0 radical (unpaired) electrons. The van der Waals surface area contributed by atoms with Crippen molar-refractivity contribution in [2.75, 3.05) is 13.3 Å². The van der Waals surface area contributed by atoms with Crippen molar-refractivity contribution in [3.05, 3.63) is 24.0 Å². The smallest absolute Gasteiger partial charge is 0.235 e. The zero-order chi connectivity index (χ0) is 10.1. The highest BCUT2D eigenvalue weighted by molar-refractivity contribution is 7.89. The van der Waals surface area contributed by atoms with Gasteiger partial charge in [-0.2, -0.15) is 0 Å². The Hall–Kier alpha value is -0.810. The number of nitrogens with one attached hydrogen (secondary N) is 1. The molecule has 0 saturated carbocycles. The zero-order valence-corrected chi connectivity index (χ0v) is 8.80. The Morgan fingerprint density at radius 3 is 2.62 bits per heavy atom. The molecule has 74 valence electrons. The molecule has 0 fully saturated rings. The molecular weight excluding hydrogens is 188 g/mol. The van der Waals surface area contributed by atoms with Crippen molar-refractivity contribution >= 4 is 10.0 Å². The summed E-state index contributed by atoms with van der Waals surface area (Å²) in [4.78, 5) is 0. The highest BCUT2D eigenvalue weighted by Gasteiger charge is 2.13. The fourth-order valence-electron chi connectivity index (χ4n) is 1.16. The fraction of sp³-hybridized carbons (Fsp3) is 0.500. The summed E-state index contributed by atoms with van der Waals surface area (Å²) in [7, 11) is -1.37. The van der Waals surface area contributed by atoms with E-state index in [4.69, 9.17) is 0 Å². The van der Waals surface area contributed by atoms with Crippen LogP contribution in [0.25, 0.3) is 0 Å². The summed E-state index contributed by atoms with van der Waals surface area (Å²) in [5.41, 5.74) is 0.755. The number of rotatable bonds is 3. The van der Waals surface area contributed by atoms with Crippen LogP contribution in [-0.4, -0.2) is 25.7 Å². The lowest BCUT2D eigenvalue weighted by atomic mass is 10.2. The Morgan fingerprint density at radius 1 is 1.54 bits per heavy atom. The summed E-state index contributed by atoms with van der Waals surface area (Å²) >= 11 is 0. The van der Waals surface area contributed by atoms with Gasteiger partial charge in [0.05, 0.1) is 11.9 Å². The monoisotopic (exact) mass is 202 g/mol. The Kier molecular flexibility index (Phi) is 2.77. The molecule has 1 rings (SSSR count). The lowest BCUT2D eigenvalue weighted by molar-refractivity contribution is 0.578. The summed E-state index contributed by atoms with van der Waals surface area (Å²) < 4.78 is 23.8. The van der Waals surface area contributed by atoms with Crippen LogP contribution in [0.3, 0.4) is 0 Å².